The Balaban J connectivity index is 1.99. The molecule has 0 aliphatic carbocycles. The van der Waals surface area contributed by atoms with Gasteiger partial charge in [0.1, 0.15) is 5.82 Å². The summed E-state index contributed by atoms with van der Waals surface area (Å²) in [6.45, 7) is 0.327. The van der Waals surface area contributed by atoms with E-state index in [2.05, 4.69) is 21.2 Å². The van der Waals surface area contributed by atoms with Crippen LogP contribution in [0.2, 0.25) is 0 Å². The summed E-state index contributed by atoms with van der Waals surface area (Å²) >= 11 is 3.44. The number of nitrogens with one attached hydrogen (secondary N) is 1. The highest BCUT2D eigenvalue weighted by Gasteiger charge is 2.10. The third-order valence-electron chi connectivity index (χ3n) is 3.30. The molecule has 0 aliphatic rings. The molecule has 0 aromatic heterocycles. The van der Waals surface area contributed by atoms with Gasteiger partial charge in [0.15, 0.2) is 11.5 Å². The fourth-order valence-electron chi connectivity index (χ4n) is 2.02. The highest BCUT2D eigenvalue weighted by Crippen LogP contribution is 2.33. The van der Waals surface area contributed by atoms with E-state index in [9.17, 15) is 9.18 Å². The van der Waals surface area contributed by atoms with Gasteiger partial charge in [0, 0.05) is 17.1 Å². The van der Waals surface area contributed by atoms with Crippen LogP contribution in [-0.4, -0.2) is 20.1 Å². The molecule has 0 spiro atoms. The third kappa shape index (κ3) is 4.83. The molecule has 0 fully saturated rings. The van der Waals surface area contributed by atoms with Crippen LogP contribution < -0.4 is 14.8 Å². The first kappa shape index (κ1) is 18.0. The lowest BCUT2D eigenvalue weighted by Gasteiger charge is -2.12. The molecule has 0 heterocycles. The second-order valence-corrected chi connectivity index (χ2v) is 5.76. The normalized spacial score (nSPS) is 10.7. The molecule has 0 unspecified atom stereocenters. The van der Waals surface area contributed by atoms with Gasteiger partial charge in [0.25, 0.3) is 0 Å². The molecule has 0 radical (unpaired) electrons. The minimum Gasteiger partial charge on any atom is -0.493 e. The van der Waals surface area contributed by atoms with Crippen molar-refractivity contribution in [3.05, 3.63) is 63.9 Å². The molecule has 2 rings (SSSR count). The van der Waals surface area contributed by atoms with Gasteiger partial charge < -0.3 is 14.8 Å². The van der Waals surface area contributed by atoms with Crippen molar-refractivity contribution in [1.29, 1.82) is 0 Å². The number of hydrogen-bond donors (Lipinski definition) is 1. The number of halogens is 2. The predicted molar refractivity (Wildman–Crippen MR) is 94.5 cm³/mol. The van der Waals surface area contributed by atoms with Crippen LogP contribution in [0.4, 0.5) is 4.39 Å². The fourth-order valence-corrected chi connectivity index (χ4v) is 2.48. The average Bonchev–Trinajstić information content (AvgIpc) is 2.59. The summed E-state index contributed by atoms with van der Waals surface area (Å²) in [5.74, 6) is 0.637. The van der Waals surface area contributed by atoms with Crippen molar-refractivity contribution in [2.45, 2.75) is 6.54 Å². The van der Waals surface area contributed by atoms with Crippen LogP contribution in [0.15, 0.2) is 46.9 Å². The van der Waals surface area contributed by atoms with E-state index in [4.69, 9.17) is 9.47 Å². The first-order chi connectivity index (χ1) is 11.5. The number of amides is 1. The molecule has 4 nitrogen and oxygen atoms in total. The summed E-state index contributed by atoms with van der Waals surface area (Å²) < 4.78 is 24.1. The van der Waals surface area contributed by atoms with E-state index in [0.29, 0.717) is 18.0 Å². The summed E-state index contributed by atoms with van der Waals surface area (Å²) in [6.07, 6.45) is 3.03. The maximum Gasteiger partial charge on any atom is 0.244 e. The van der Waals surface area contributed by atoms with Crippen molar-refractivity contribution in [2.24, 2.45) is 0 Å². The number of benzene rings is 2. The lowest BCUT2D eigenvalue weighted by atomic mass is 10.2. The molecule has 6 heteroatoms. The van der Waals surface area contributed by atoms with Crippen LogP contribution in [0.3, 0.4) is 0 Å². The lowest BCUT2D eigenvalue weighted by molar-refractivity contribution is -0.116. The number of methoxy groups -OCH3 is 2. The monoisotopic (exact) mass is 393 g/mol. The molecule has 0 saturated heterocycles. The standard InChI is InChI=1S/C18H17BrFNO3/c1-23-16-9-13(15(19)10-17(16)24-2)11-21-18(22)8-5-12-3-6-14(20)7-4-12/h3-10H,11H2,1-2H3,(H,21,22). The molecular weight excluding hydrogens is 377 g/mol. The zero-order chi connectivity index (χ0) is 17.5. The number of rotatable bonds is 6. The Kier molecular flexibility index (Phi) is 6.37. The minimum absolute atomic E-state index is 0.249. The van der Waals surface area contributed by atoms with Crippen molar-refractivity contribution in [1.82, 2.24) is 5.32 Å². The molecule has 1 N–H and O–H groups in total. The van der Waals surface area contributed by atoms with Gasteiger partial charge in [0.2, 0.25) is 5.91 Å². The Hall–Kier alpha value is -2.34. The SMILES string of the molecule is COc1cc(Br)c(CNC(=O)C=Cc2ccc(F)cc2)cc1OC. The lowest BCUT2D eigenvalue weighted by Crippen LogP contribution is -2.20. The summed E-state index contributed by atoms with van der Waals surface area (Å²) in [7, 11) is 3.12. The average molecular weight is 394 g/mol. The largest absolute Gasteiger partial charge is 0.493 e. The van der Waals surface area contributed by atoms with E-state index in [0.717, 1.165) is 15.6 Å². The number of carbonyl (C=O) groups is 1. The Morgan fingerprint density at radius 1 is 1.17 bits per heavy atom. The van der Waals surface area contributed by atoms with Crippen LogP contribution in [0.1, 0.15) is 11.1 Å². The molecule has 2 aromatic carbocycles. The molecule has 2 aromatic rings. The van der Waals surface area contributed by atoms with Gasteiger partial charge in [0.05, 0.1) is 14.2 Å². The molecule has 24 heavy (non-hydrogen) atoms. The van der Waals surface area contributed by atoms with Gasteiger partial charge in [-0.15, -0.1) is 0 Å². The summed E-state index contributed by atoms with van der Waals surface area (Å²) in [6, 6.07) is 9.48. The number of hydrogen-bond acceptors (Lipinski definition) is 3. The van der Waals surface area contributed by atoms with Crippen LogP contribution in [0.25, 0.3) is 6.08 Å². The predicted octanol–water partition coefficient (Wildman–Crippen LogP) is 3.94. The Morgan fingerprint density at radius 2 is 1.79 bits per heavy atom. The van der Waals surface area contributed by atoms with E-state index in [1.807, 2.05) is 0 Å². The first-order valence-electron chi connectivity index (χ1n) is 7.15. The summed E-state index contributed by atoms with van der Waals surface area (Å²) in [4.78, 5) is 11.9. The molecule has 0 aliphatic heterocycles. The van der Waals surface area contributed by atoms with Gasteiger partial charge in [-0.05, 0) is 41.5 Å². The molecule has 1 amide bonds. The molecule has 0 saturated carbocycles. The van der Waals surface area contributed by atoms with Crippen LogP contribution in [0.5, 0.6) is 11.5 Å². The smallest absolute Gasteiger partial charge is 0.244 e. The van der Waals surface area contributed by atoms with Crippen molar-refractivity contribution >= 4 is 27.9 Å². The quantitative estimate of drug-likeness (QED) is 0.756. The maximum atomic E-state index is 12.8. The van der Waals surface area contributed by atoms with Gasteiger partial charge in [-0.1, -0.05) is 28.1 Å². The molecule has 0 bridgehead atoms. The molecule has 0 atom stereocenters. The zero-order valence-corrected chi connectivity index (χ0v) is 14.9. The molecule has 126 valence electrons. The van der Waals surface area contributed by atoms with Crippen molar-refractivity contribution in [3.8, 4) is 11.5 Å². The van der Waals surface area contributed by atoms with Crippen LogP contribution in [0, 0.1) is 5.82 Å². The van der Waals surface area contributed by atoms with E-state index in [-0.39, 0.29) is 11.7 Å². The topological polar surface area (TPSA) is 47.6 Å². The number of carbonyl (C=O) groups excluding carboxylic acids is 1. The highest BCUT2D eigenvalue weighted by atomic mass is 79.9. The molecular formula is C18H17BrFNO3. The van der Waals surface area contributed by atoms with Crippen molar-refractivity contribution < 1.29 is 18.7 Å². The van der Waals surface area contributed by atoms with Gasteiger partial charge in [-0.3, -0.25) is 4.79 Å². The van der Waals surface area contributed by atoms with Gasteiger partial charge in [-0.25, -0.2) is 4.39 Å². The third-order valence-corrected chi connectivity index (χ3v) is 4.04. The summed E-state index contributed by atoms with van der Waals surface area (Å²) in [5.41, 5.74) is 1.61. The second-order valence-electron chi connectivity index (χ2n) is 4.90. The Bertz CT molecular complexity index is 745. The minimum atomic E-state index is -0.310. The van der Waals surface area contributed by atoms with Gasteiger partial charge >= 0.3 is 0 Å². The Morgan fingerprint density at radius 3 is 2.42 bits per heavy atom. The van der Waals surface area contributed by atoms with E-state index in [1.54, 1.807) is 44.6 Å². The van der Waals surface area contributed by atoms with Crippen LogP contribution >= 0.6 is 15.9 Å². The number of ether oxygens (including phenoxy) is 2. The second kappa shape index (κ2) is 8.49. The van der Waals surface area contributed by atoms with E-state index < -0.39 is 0 Å². The van der Waals surface area contributed by atoms with E-state index in [1.165, 1.54) is 18.2 Å². The maximum absolute atomic E-state index is 12.8. The zero-order valence-electron chi connectivity index (χ0n) is 13.3. The van der Waals surface area contributed by atoms with Gasteiger partial charge in [-0.2, -0.15) is 0 Å². The fraction of sp³-hybridized carbons (Fsp3) is 0.167. The first-order valence-corrected chi connectivity index (χ1v) is 7.94. The Labute approximate surface area is 148 Å². The van der Waals surface area contributed by atoms with E-state index >= 15 is 0 Å². The van der Waals surface area contributed by atoms with Crippen molar-refractivity contribution in [2.75, 3.05) is 14.2 Å². The highest BCUT2D eigenvalue weighted by molar-refractivity contribution is 9.10. The van der Waals surface area contributed by atoms with Crippen molar-refractivity contribution in [3.63, 3.8) is 0 Å². The summed E-state index contributed by atoms with van der Waals surface area (Å²) in [5, 5.41) is 2.78. The van der Waals surface area contributed by atoms with Crippen LogP contribution in [-0.2, 0) is 11.3 Å².